The summed E-state index contributed by atoms with van der Waals surface area (Å²) in [6.45, 7) is 6.92. The van der Waals surface area contributed by atoms with Gasteiger partial charge in [-0.3, -0.25) is 0 Å². The minimum absolute atomic E-state index is 0.0531. The molecule has 102 valence electrons. The first-order valence-electron chi connectivity index (χ1n) is 6.19. The van der Waals surface area contributed by atoms with Gasteiger partial charge in [-0.05, 0) is 44.2 Å². The van der Waals surface area contributed by atoms with Crippen molar-refractivity contribution in [2.45, 2.75) is 26.8 Å². The molecule has 0 aliphatic rings. The molecule has 1 heterocycles. The van der Waals surface area contributed by atoms with Crippen molar-refractivity contribution >= 4 is 27.6 Å². The van der Waals surface area contributed by atoms with Crippen LogP contribution < -0.4 is 10.6 Å². The van der Waals surface area contributed by atoms with E-state index in [0.717, 1.165) is 22.3 Å². The van der Waals surface area contributed by atoms with E-state index >= 15 is 0 Å². The van der Waals surface area contributed by atoms with Gasteiger partial charge in [0.05, 0.1) is 6.04 Å². The van der Waals surface area contributed by atoms with Gasteiger partial charge in [0.25, 0.3) is 0 Å². The second-order valence-electron chi connectivity index (χ2n) is 4.37. The van der Waals surface area contributed by atoms with Gasteiger partial charge in [-0.1, -0.05) is 28.0 Å². The number of halogens is 1. The van der Waals surface area contributed by atoms with Crippen LogP contribution in [0.2, 0.25) is 0 Å². The zero-order valence-corrected chi connectivity index (χ0v) is 12.8. The van der Waals surface area contributed by atoms with E-state index < -0.39 is 0 Å². The number of rotatable bonds is 5. The summed E-state index contributed by atoms with van der Waals surface area (Å²) in [6, 6.07) is 6.47. The van der Waals surface area contributed by atoms with E-state index in [1.807, 2.05) is 39.0 Å². The quantitative estimate of drug-likeness (QED) is 0.880. The van der Waals surface area contributed by atoms with Gasteiger partial charge in [-0.25, -0.2) is 0 Å². The second-order valence-corrected chi connectivity index (χ2v) is 5.28. The fourth-order valence-corrected chi connectivity index (χ4v) is 2.39. The molecule has 1 unspecified atom stereocenters. The highest BCUT2D eigenvalue weighted by atomic mass is 79.9. The first kappa shape index (κ1) is 14.0. The molecular formula is C13H17BrN4O. The van der Waals surface area contributed by atoms with Crippen molar-refractivity contribution in [3.63, 3.8) is 0 Å². The lowest BCUT2D eigenvalue weighted by molar-refractivity contribution is 0.430. The molecule has 0 aliphatic carbocycles. The molecule has 0 spiro atoms. The van der Waals surface area contributed by atoms with E-state index in [-0.39, 0.29) is 6.04 Å². The maximum Gasteiger partial charge on any atom is 0.320 e. The van der Waals surface area contributed by atoms with E-state index in [1.54, 1.807) is 0 Å². The fraction of sp³-hybridized carbons (Fsp3) is 0.385. The Hall–Kier alpha value is -1.40. The highest BCUT2D eigenvalue weighted by Gasteiger charge is 2.12. The smallest absolute Gasteiger partial charge is 0.320 e. The third-order valence-corrected chi connectivity index (χ3v) is 3.07. The Morgan fingerprint density at radius 3 is 2.79 bits per heavy atom. The zero-order valence-electron chi connectivity index (χ0n) is 11.2. The summed E-state index contributed by atoms with van der Waals surface area (Å²) in [4.78, 5) is 0. The molecule has 2 rings (SSSR count). The zero-order chi connectivity index (χ0) is 13.8. The molecule has 2 aromatic rings. The Labute approximate surface area is 120 Å². The third kappa shape index (κ3) is 3.78. The van der Waals surface area contributed by atoms with Crippen molar-refractivity contribution in [2.75, 3.05) is 11.9 Å². The second kappa shape index (κ2) is 6.16. The lowest BCUT2D eigenvalue weighted by Crippen LogP contribution is -2.17. The van der Waals surface area contributed by atoms with E-state index in [9.17, 15) is 0 Å². The molecule has 19 heavy (non-hydrogen) atoms. The molecule has 0 bridgehead atoms. The standard InChI is InChI=1S/C13H17BrN4O/c1-4-15-9(3)12-17-18-13(19-12)16-11-6-8(2)5-10(14)7-11/h5-7,9,15H,4H2,1-3H3,(H,16,18). The Morgan fingerprint density at radius 2 is 2.11 bits per heavy atom. The molecule has 0 fully saturated rings. The molecule has 1 aromatic carbocycles. The van der Waals surface area contributed by atoms with Gasteiger partial charge < -0.3 is 15.1 Å². The Morgan fingerprint density at radius 1 is 1.32 bits per heavy atom. The van der Waals surface area contributed by atoms with Crippen molar-refractivity contribution in [3.8, 4) is 0 Å². The molecular weight excluding hydrogens is 308 g/mol. The van der Waals surface area contributed by atoms with Crippen LogP contribution in [0.3, 0.4) is 0 Å². The molecule has 6 heteroatoms. The number of anilines is 2. The van der Waals surface area contributed by atoms with Crippen LogP contribution in [0.5, 0.6) is 0 Å². The molecule has 2 N–H and O–H groups in total. The minimum atomic E-state index is 0.0531. The van der Waals surface area contributed by atoms with Crippen LogP contribution in [0.4, 0.5) is 11.7 Å². The largest absolute Gasteiger partial charge is 0.406 e. The van der Waals surface area contributed by atoms with Gasteiger partial charge >= 0.3 is 6.01 Å². The molecule has 0 saturated carbocycles. The maximum atomic E-state index is 5.57. The van der Waals surface area contributed by atoms with E-state index in [2.05, 4.69) is 36.8 Å². The topological polar surface area (TPSA) is 63.0 Å². The van der Waals surface area contributed by atoms with Gasteiger partial charge in [-0.15, -0.1) is 5.10 Å². The van der Waals surface area contributed by atoms with Crippen molar-refractivity contribution in [1.82, 2.24) is 15.5 Å². The normalized spacial score (nSPS) is 12.4. The van der Waals surface area contributed by atoms with Gasteiger partial charge in [-0.2, -0.15) is 0 Å². The Kier molecular flexibility index (Phi) is 4.55. The molecule has 5 nitrogen and oxygen atoms in total. The first-order valence-corrected chi connectivity index (χ1v) is 6.98. The fourth-order valence-electron chi connectivity index (χ4n) is 1.79. The summed E-state index contributed by atoms with van der Waals surface area (Å²) in [6.07, 6.45) is 0. The average Bonchev–Trinajstić information content (AvgIpc) is 2.76. The number of benzene rings is 1. The van der Waals surface area contributed by atoms with Gasteiger partial charge in [0, 0.05) is 10.2 Å². The van der Waals surface area contributed by atoms with Crippen LogP contribution in [0.25, 0.3) is 0 Å². The van der Waals surface area contributed by atoms with Crippen LogP contribution in [0, 0.1) is 6.92 Å². The maximum absolute atomic E-state index is 5.57. The number of nitrogens with one attached hydrogen (secondary N) is 2. The monoisotopic (exact) mass is 324 g/mol. The van der Waals surface area contributed by atoms with Crippen LogP contribution in [-0.2, 0) is 0 Å². The summed E-state index contributed by atoms with van der Waals surface area (Å²) in [5.74, 6) is 0.580. The van der Waals surface area contributed by atoms with Crippen LogP contribution in [0.1, 0.15) is 31.3 Å². The Bertz CT molecular complexity index is 535. The summed E-state index contributed by atoms with van der Waals surface area (Å²) in [5, 5.41) is 14.3. The van der Waals surface area contributed by atoms with Gasteiger partial charge in [0.15, 0.2) is 0 Å². The van der Waals surface area contributed by atoms with E-state index in [4.69, 9.17) is 4.42 Å². The average molecular weight is 325 g/mol. The van der Waals surface area contributed by atoms with Crippen molar-refractivity contribution < 1.29 is 4.42 Å². The number of nitrogens with zero attached hydrogens (tertiary/aromatic N) is 2. The summed E-state index contributed by atoms with van der Waals surface area (Å²) < 4.78 is 6.58. The van der Waals surface area contributed by atoms with Crippen molar-refractivity contribution in [3.05, 3.63) is 34.1 Å². The molecule has 1 atom stereocenters. The molecule has 0 saturated heterocycles. The van der Waals surface area contributed by atoms with E-state index in [0.29, 0.717) is 11.9 Å². The van der Waals surface area contributed by atoms with Crippen LogP contribution in [0.15, 0.2) is 27.1 Å². The molecule has 0 amide bonds. The SMILES string of the molecule is CCNC(C)c1nnc(Nc2cc(C)cc(Br)c2)o1. The molecule has 1 aromatic heterocycles. The molecule has 0 aliphatic heterocycles. The van der Waals surface area contributed by atoms with Gasteiger partial charge in [0.1, 0.15) is 0 Å². The highest BCUT2D eigenvalue weighted by molar-refractivity contribution is 9.10. The summed E-state index contributed by atoms with van der Waals surface area (Å²) >= 11 is 3.46. The van der Waals surface area contributed by atoms with Crippen molar-refractivity contribution in [1.29, 1.82) is 0 Å². The van der Waals surface area contributed by atoms with Crippen LogP contribution in [-0.4, -0.2) is 16.7 Å². The van der Waals surface area contributed by atoms with E-state index in [1.165, 1.54) is 0 Å². The third-order valence-electron chi connectivity index (χ3n) is 2.61. The summed E-state index contributed by atoms with van der Waals surface area (Å²) in [7, 11) is 0. The summed E-state index contributed by atoms with van der Waals surface area (Å²) in [5.41, 5.74) is 2.07. The predicted molar refractivity (Wildman–Crippen MR) is 78.6 cm³/mol. The lowest BCUT2D eigenvalue weighted by Gasteiger charge is -2.06. The number of aryl methyl sites for hydroxylation is 1. The highest BCUT2D eigenvalue weighted by Crippen LogP contribution is 2.23. The number of hydrogen-bond donors (Lipinski definition) is 2. The van der Waals surface area contributed by atoms with Gasteiger partial charge in [0.2, 0.25) is 5.89 Å². The van der Waals surface area contributed by atoms with Crippen LogP contribution >= 0.6 is 15.9 Å². The minimum Gasteiger partial charge on any atom is -0.406 e. The van der Waals surface area contributed by atoms with Crippen molar-refractivity contribution in [2.24, 2.45) is 0 Å². The predicted octanol–water partition coefficient (Wildman–Crippen LogP) is 3.55. The Balaban J connectivity index is 2.11. The lowest BCUT2D eigenvalue weighted by atomic mass is 10.2. The first-order chi connectivity index (χ1) is 9.08. The number of hydrogen-bond acceptors (Lipinski definition) is 5. The number of aromatic nitrogens is 2. The molecule has 0 radical (unpaired) electrons.